The second-order valence-electron chi connectivity index (χ2n) is 5.98. The minimum Gasteiger partial charge on any atom is -0.490 e. The summed E-state index contributed by atoms with van der Waals surface area (Å²) < 4.78 is 10.6. The number of halogens is 2. The molecule has 0 bridgehead atoms. The van der Waals surface area contributed by atoms with E-state index >= 15 is 0 Å². The van der Waals surface area contributed by atoms with Crippen LogP contribution >= 0.6 is 23.2 Å². The zero-order chi connectivity index (χ0) is 22.3. The quantitative estimate of drug-likeness (QED) is 0.446. The first-order chi connectivity index (χ1) is 14.3. The number of carboxylic acid groups (broad SMARTS) is 1. The lowest BCUT2D eigenvalue weighted by atomic mass is 10.1. The Hall–Kier alpha value is -3.21. The number of nitrogens with zero attached hydrogens (tertiary/aromatic N) is 1. The third-order valence-corrected chi connectivity index (χ3v) is 4.55. The van der Waals surface area contributed by atoms with Crippen molar-refractivity contribution in [2.75, 3.05) is 18.5 Å². The number of hydrogen-bond acceptors (Lipinski definition) is 5. The molecule has 2 aromatic carbocycles. The molecule has 0 heterocycles. The first-order valence-corrected chi connectivity index (χ1v) is 9.51. The minimum atomic E-state index is -1.17. The Morgan fingerprint density at radius 1 is 1.23 bits per heavy atom. The van der Waals surface area contributed by atoms with Gasteiger partial charge >= 0.3 is 5.97 Å². The van der Waals surface area contributed by atoms with Gasteiger partial charge in [0.05, 0.1) is 11.6 Å². The number of ether oxygens (including phenoxy) is 2. The van der Waals surface area contributed by atoms with E-state index < -0.39 is 18.5 Å². The Morgan fingerprint density at radius 2 is 1.97 bits per heavy atom. The first-order valence-electron chi connectivity index (χ1n) is 8.76. The van der Waals surface area contributed by atoms with E-state index in [9.17, 15) is 14.9 Å². The molecule has 9 heteroatoms. The van der Waals surface area contributed by atoms with Gasteiger partial charge in [-0.15, -0.1) is 0 Å². The third kappa shape index (κ3) is 5.89. The standard InChI is InChI=1S/C21H18Cl2N2O5/c1-3-29-18-9-13(8-16(23)20(18)30-11-19(26)27)7-14(10-24)21(28)25-17-6-4-5-15(22)12(17)2/h4-9H,3,11H2,1-2H3,(H,25,28)(H,26,27)/b14-7+. The molecule has 2 rings (SSSR count). The fraction of sp³-hybridized carbons (Fsp3) is 0.190. The molecule has 0 fully saturated rings. The molecule has 0 unspecified atom stereocenters. The van der Waals surface area contributed by atoms with E-state index in [2.05, 4.69) is 5.32 Å². The van der Waals surface area contributed by atoms with Gasteiger partial charge in [-0.1, -0.05) is 29.3 Å². The van der Waals surface area contributed by atoms with Crippen molar-refractivity contribution in [3.63, 3.8) is 0 Å². The summed E-state index contributed by atoms with van der Waals surface area (Å²) in [5.74, 6) is -1.53. The normalized spacial score (nSPS) is 10.8. The average Bonchev–Trinajstić information content (AvgIpc) is 2.69. The number of amides is 1. The van der Waals surface area contributed by atoms with Gasteiger partial charge in [-0.3, -0.25) is 4.79 Å². The molecule has 0 saturated heterocycles. The number of rotatable bonds is 8. The zero-order valence-electron chi connectivity index (χ0n) is 16.2. The van der Waals surface area contributed by atoms with Crippen LogP contribution in [0.4, 0.5) is 5.69 Å². The average molecular weight is 449 g/mol. The maximum absolute atomic E-state index is 12.6. The second kappa shape index (κ2) is 10.5. The van der Waals surface area contributed by atoms with Gasteiger partial charge in [-0.2, -0.15) is 5.26 Å². The van der Waals surface area contributed by atoms with Crippen LogP contribution in [-0.4, -0.2) is 30.2 Å². The van der Waals surface area contributed by atoms with Gasteiger partial charge in [0.2, 0.25) is 0 Å². The number of nitriles is 1. The van der Waals surface area contributed by atoms with Gasteiger partial charge in [0, 0.05) is 10.7 Å². The summed E-state index contributed by atoms with van der Waals surface area (Å²) in [6.45, 7) is 3.16. The molecule has 2 N–H and O–H groups in total. The van der Waals surface area contributed by atoms with E-state index in [1.165, 1.54) is 18.2 Å². The molecule has 2 aromatic rings. The number of aliphatic carboxylic acids is 1. The van der Waals surface area contributed by atoms with Crippen LogP contribution in [0.5, 0.6) is 11.5 Å². The highest BCUT2D eigenvalue weighted by Gasteiger charge is 2.16. The summed E-state index contributed by atoms with van der Waals surface area (Å²) in [6.07, 6.45) is 1.34. The number of carbonyl (C=O) groups is 2. The van der Waals surface area contributed by atoms with E-state index in [0.29, 0.717) is 21.8 Å². The molecule has 0 saturated carbocycles. The summed E-state index contributed by atoms with van der Waals surface area (Å²) in [6, 6.07) is 9.85. The highest BCUT2D eigenvalue weighted by Crippen LogP contribution is 2.37. The Labute approximate surface area is 183 Å². The van der Waals surface area contributed by atoms with Gasteiger partial charge in [0.25, 0.3) is 5.91 Å². The van der Waals surface area contributed by atoms with Crippen molar-refractivity contribution >= 4 is 46.8 Å². The van der Waals surface area contributed by atoms with Crippen molar-refractivity contribution in [1.29, 1.82) is 5.26 Å². The molecule has 156 valence electrons. The van der Waals surface area contributed by atoms with Crippen LogP contribution in [0.3, 0.4) is 0 Å². The number of anilines is 1. The topological polar surface area (TPSA) is 109 Å². The van der Waals surface area contributed by atoms with Gasteiger partial charge in [0.1, 0.15) is 11.6 Å². The van der Waals surface area contributed by atoms with E-state index in [-0.39, 0.29) is 28.7 Å². The smallest absolute Gasteiger partial charge is 0.341 e. The van der Waals surface area contributed by atoms with Gasteiger partial charge < -0.3 is 19.9 Å². The number of nitrogens with one attached hydrogen (secondary N) is 1. The molecular formula is C21H18Cl2N2O5. The Morgan fingerprint density at radius 3 is 2.60 bits per heavy atom. The largest absolute Gasteiger partial charge is 0.490 e. The SMILES string of the molecule is CCOc1cc(/C=C(\C#N)C(=O)Nc2cccc(Cl)c2C)cc(Cl)c1OCC(=O)O. The maximum Gasteiger partial charge on any atom is 0.341 e. The predicted octanol–water partition coefficient (Wildman–Crippen LogP) is 4.71. The summed E-state index contributed by atoms with van der Waals surface area (Å²) in [7, 11) is 0. The number of benzene rings is 2. The number of hydrogen-bond donors (Lipinski definition) is 2. The molecule has 0 aliphatic heterocycles. The fourth-order valence-electron chi connectivity index (χ4n) is 2.46. The Balaban J connectivity index is 2.36. The minimum absolute atomic E-state index is 0.0654. The predicted molar refractivity (Wildman–Crippen MR) is 114 cm³/mol. The lowest BCUT2D eigenvalue weighted by Gasteiger charge is -2.13. The lowest BCUT2D eigenvalue weighted by Crippen LogP contribution is -2.14. The van der Waals surface area contributed by atoms with Crippen molar-refractivity contribution < 1.29 is 24.2 Å². The van der Waals surface area contributed by atoms with Crippen LogP contribution in [0, 0.1) is 18.3 Å². The van der Waals surface area contributed by atoms with Gasteiger partial charge in [-0.05, 0) is 55.3 Å². The van der Waals surface area contributed by atoms with Crippen LogP contribution in [0.25, 0.3) is 6.08 Å². The molecule has 0 atom stereocenters. The number of carbonyl (C=O) groups excluding carboxylic acids is 1. The van der Waals surface area contributed by atoms with Crippen molar-refractivity contribution in [3.05, 3.63) is 57.1 Å². The van der Waals surface area contributed by atoms with Crippen LogP contribution in [0.2, 0.25) is 10.0 Å². The van der Waals surface area contributed by atoms with Gasteiger partial charge in [-0.25, -0.2) is 4.79 Å². The van der Waals surface area contributed by atoms with Crippen LogP contribution in [-0.2, 0) is 9.59 Å². The molecule has 0 spiro atoms. The Bertz CT molecular complexity index is 1040. The summed E-state index contributed by atoms with van der Waals surface area (Å²) >= 11 is 12.3. The van der Waals surface area contributed by atoms with E-state index in [1.54, 1.807) is 32.0 Å². The van der Waals surface area contributed by atoms with Crippen molar-refractivity contribution in [3.8, 4) is 17.6 Å². The van der Waals surface area contributed by atoms with Crippen molar-refractivity contribution in [2.24, 2.45) is 0 Å². The highest BCUT2D eigenvalue weighted by atomic mass is 35.5. The molecule has 7 nitrogen and oxygen atoms in total. The first kappa shape index (κ1) is 23.1. The highest BCUT2D eigenvalue weighted by molar-refractivity contribution is 6.32. The molecule has 0 aromatic heterocycles. The van der Waals surface area contributed by atoms with Gasteiger partial charge in [0.15, 0.2) is 18.1 Å². The second-order valence-corrected chi connectivity index (χ2v) is 6.80. The molecule has 1 amide bonds. The lowest BCUT2D eigenvalue weighted by molar-refractivity contribution is -0.139. The van der Waals surface area contributed by atoms with Crippen LogP contribution in [0.15, 0.2) is 35.9 Å². The number of carboxylic acids is 1. The summed E-state index contributed by atoms with van der Waals surface area (Å²) in [5.41, 5.74) is 1.39. The molecule has 30 heavy (non-hydrogen) atoms. The van der Waals surface area contributed by atoms with Crippen LogP contribution in [0.1, 0.15) is 18.1 Å². The maximum atomic E-state index is 12.6. The fourth-order valence-corrected chi connectivity index (χ4v) is 2.90. The molecule has 0 aliphatic rings. The Kier molecular flexibility index (Phi) is 8.10. The zero-order valence-corrected chi connectivity index (χ0v) is 17.7. The monoisotopic (exact) mass is 448 g/mol. The van der Waals surface area contributed by atoms with E-state index in [4.69, 9.17) is 37.8 Å². The molecule has 0 aliphatic carbocycles. The molecular weight excluding hydrogens is 431 g/mol. The third-order valence-electron chi connectivity index (χ3n) is 3.86. The van der Waals surface area contributed by atoms with Crippen LogP contribution < -0.4 is 14.8 Å². The summed E-state index contributed by atoms with van der Waals surface area (Å²) in [4.78, 5) is 23.3. The summed E-state index contributed by atoms with van der Waals surface area (Å²) in [5, 5.41) is 21.5. The molecule has 0 radical (unpaired) electrons. The van der Waals surface area contributed by atoms with E-state index in [1.807, 2.05) is 6.07 Å². The van der Waals surface area contributed by atoms with Crippen molar-refractivity contribution in [1.82, 2.24) is 0 Å². The van der Waals surface area contributed by atoms with Crippen molar-refractivity contribution in [2.45, 2.75) is 13.8 Å². The van der Waals surface area contributed by atoms with E-state index in [0.717, 1.165) is 0 Å².